The lowest BCUT2D eigenvalue weighted by Crippen LogP contribution is -2.18. The lowest BCUT2D eigenvalue weighted by atomic mass is 9.85. The molecule has 6 aromatic rings. The van der Waals surface area contributed by atoms with Gasteiger partial charge in [0.1, 0.15) is 5.84 Å². The molecule has 0 N–H and O–H groups in total. The summed E-state index contributed by atoms with van der Waals surface area (Å²) >= 11 is 1.64. The molecule has 0 radical (unpaired) electrons. The van der Waals surface area contributed by atoms with Crippen LogP contribution in [0.15, 0.2) is 144 Å². The average Bonchev–Trinajstić information content (AvgIpc) is 3.19. The molecule has 0 unspecified atom stereocenters. The number of hydrogen-bond acceptors (Lipinski definition) is 4. The Kier molecular flexibility index (Phi) is 6.24. The first-order valence-corrected chi connectivity index (χ1v) is 14.9. The zero-order chi connectivity index (χ0) is 29.8. The summed E-state index contributed by atoms with van der Waals surface area (Å²) in [5.74, 6) is -0.828. The number of aromatic nitrogens is 1. The maximum atomic E-state index is 14.4. The van der Waals surface area contributed by atoms with Crippen molar-refractivity contribution in [3.63, 3.8) is 0 Å². The summed E-state index contributed by atoms with van der Waals surface area (Å²) < 4.78 is 30.0. The number of pyridine rings is 1. The monoisotopic (exact) mass is 591 g/mol. The molecular weight excluding hydrogens is 569 g/mol. The quantitative estimate of drug-likeness (QED) is 0.116. The Morgan fingerprint density at radius 2 is 1.23 bits per heavy atom. The lowest BCUT2D eigenvalue weighted by Gasteiger charge is -2.24. The fourth-order valence-electron chi connectivity index (χ4n) is 6.06. The number of nitrogens with zero attached hydrogens (tertiary/aromatic N) is 3. The van der Waals surface area contributed by atoms with Gasteiger partial charge in [0.25, 0.3) is 0 Å². The van der Waals surface area contributed by atoms with E-state index in [9.17, 15) is 8.78 Å². The molecule has 0 amide bonds. The molecule has 8 rings (SSSR count). The van der Waals surface area contributed by atoms with Crippen LogP contribution in [-0.4, -0.2) is 15.1 Å². The Balaban J connectivity index is 1.29. The number of fused-ring (bicyclic) bond motifs is 4. The van der Waals surface area contributed by atoms with Crippen molar-refractivity contribution in [1.82, 2.24) is 9.29 Å². The lowest BCUT2D eigenvalue weighted by molar-refractivity contribution is 0.515. The van der Waals surface area contributed by atoms with Crippen LogP contribution in [0.3, 0.4) is 0 Å². The van der Waals surface area contributed by atoms with E-state index in [4.69, 9.17) is 4.99 Å². The highest BCUT2D eigenvalue weighted by atomic mass is 32.2. The normalized spacial score (nSPS) is 14.2. The van der Waals surface area contributed by atoms with Gasteiger partial charge >= 0.3 is 0 Å². The van der Waals surface area contributed by atoms with Gasteiger partial charge in [0.2, 0.25) is 11.9 Å². The van der Waals surface area contributed by atoms with Gasteiger partial charge in [-0.05, 0) is 86.1 Å². The van der Waals surface area contributed by atoms with E-state index in [-0.39, 0.29) is 5.56 Å². The van der Waals surface area contributed by atoms with Crippen LogP contribution in [0.4, 0.5) is 8.78 Å². The van der Waals surface area contributed by atoms with Crippen molar-refractivity contribution in [3.05, 3.63) is 157 Å². The van der Waals surface area contributed by atoms with E-state index in [1.54, 1.807) is 11.9 Å². The van der Waals surface area contributed by atoms with Crippen molar-refractivity contribution in [2.45, 2.75) is 4.90 Å². The highest BCUT2D eigenvalue weighted by Gasteiger charge is 2.24. The molecule has 2 aliphatic rings. The van der Waals surface area contributed by atoms with Crippen LogP contribution in [0.2, 0.25) is 0 Å². The molecule has 0 saturated heterocycles. The smallest absolute Gasteiger partial charge is 0.223 e. The maximum Gasteiger partial charge on any atom is 0.223 e. The van der Waals surface area contributed by atoms with Crippen molar-refractivity contribution in [1.29, 1.82) is 0 Å². The summed E-state index contributed by atoms with van der Waals surface area (Å²) in [6.07, 6.45) is 6.35. The SMILES string of the molecule is C=C1N=C2C=CC(c3c4ccccc4c(-c4ccc(-c5ccc(F)nc5F)cc4)c4ccccc34)=CN2Sc2ccccc21. The average molecular weight is 592 g/mol. The maximum absolute atomic E-state index is 14.4. The van der Waals surface area contributed by atoms with E-state index in [1.165, 1.54) is 12.1 Å². The number of aliphatic imine (C=N–C) groups is 1. The topological polar surface area (TPSA) is 28.5 Å². The van der Waals surface area contributed by atoms with Gasteiger partial charge < -0.3 is 0 Å². The number of rotatable bonds is 3. The second-order valence-corrected chi connectivity index (χ2v) is 11.7. The van der Waals surface area contributed by atoms with E-state index < -0.39 is 11.9 Å². The van der Waals surface area contributed by atoms with Crippen molar-refractivity contribution in [3.8, 4) is 22.3 Å². The van der Waals surface area contributed by atoms with Gasteiger partial charge in [-0.2, -0.15) is 13.8 Å². The fraction of sp³-hybridized carbons (Fsp3) is 0. The zero-order valence-electron chi connectivity index (χ0n) is 23.3. The predicted molar refractivity (Wildman–Crippen MR) is 178 cm³/mol. The summed E-state index contributed by atoms with van der Waals surface area (Å²) in [4.78, 5) is 9.29. The third-order valence-corrected chi connectivity index (χ3v) is 9.10. The van der Waals surface area contributed by atoms with Gasteiger partial charge in [-0.15, -0.1) is 0 Å². The van der Waals surface area contributed by atoms with E-state index in [1.807, 2.05) is 36.4 Å². The van der Waals surface area contributed by atoms with Crippen molar-refractivity contribution >= 4 is 50.6 Å². The number of allylic oxidation sites excluding steroid dienone is 2. The second kappa shape index (κ2) is 10.4. The molecule has 44 heavy (non-hydrogen) atoms. The van der Waals surface area contributed by atoms with Crippen LogP contribution < -0.4 is 0 Å². The number of benzene rings is 5. The molecule has 2 aliphatic heterocycles. The molecule has 210 valence electrons. The highest BCUT2D eigenvalue weighted by Crippen LogP contribution is 2.44. The van der Waals surface area contributed by atoms with Crippen molar-refractivity contribution < 1.29 is 8.78 Å². The van der Waals surface area contributed by atoms with Gasteiger partial charge in [0, 0.05) is 27.8 Å². The third-order valence-electron chi connectivity index (χ3n) is 8.06. The Labute approximate surface area is 257 Å². The summed E-state index contributed by atoms with van der Waals surface area (Å²) in [6.45, 7) is 4.22. The van der Waals surface area contributed by atoms with Crippen LogP contribution in [0.25, 0.3) is 55.1 Å². The fourth-order valence-corrected chi connectivity index (χ4v) is 7.06. The molecule has 1 aromatic heterocycles. The first-order chi connectivity index (χ1) is 21.5. The van der Waals surface area contributed by atoms with E-state index in [0.717, 1.165) is 65.8 Å². The molecule has 6 heteroatoms. The Bertz CT molecular complexity index is 2190. The van der Waals surface area contributed by atoms with Crippen LogP contribution in [0.5, 0.6) is 0 Å². The number of amidine groups is 1. The molecular formula is C38H23F2N3S. The minimum absolute atomic E-state index is 0.263. The van der Waals surface area contributed by atoms with Gasteiger partial charge in [0.15, 0.2) is 0 Å². The van der Waals surface area contributed by atoms with Gasteiger partial charge in [-0.25, -0.2) is 4.99 Å². The van der Waals surface area contributed by atoms with Crippen molar-refractivity contribution in [2.75, 3.05) is 0 Å². The van der Waals surface area contributed by atoms with E-state index >= 15 is 0 Å². The molecule has 0 aliphatic carbocycles. The largest absolute Gasteiger partial charge is 0.271 e. The summed E-state index contributed by atoms with van der Waals surface area (Å²) in [5.41, 5.74) is 7.01. The zero-order valence-corrected chi connectivity index (χ0v) is 24.2. The van der Waals surface area contributed by atoms with Crippen LogP contribution in [-0.2, 0) is 0 Å². The van der Waals surface area contributed by atoms with Crippen LogP contribution in [0.1, 0.15) is 11.1 Å². The molecule has 0 fully saturated rings. The Hall–Kier alpha value is -5.33. The molecule has 3 nitrogen and oxygen atoms in total. The molecule has 5 aromatic carbocycles. The standard InChI is InChI=1S/C38H23F2N3S/c1-23-27-8-6-7-13-33(27)44-43-22-26(18-21-35(43)41-23)37-31-11-4-2-9-29(31)36(30-10-3-5-12-32(30)37)25-16-14-24(15-17-25)28-19-20-34(39)42-38(28)40/h2-22H,1H2. The third kappa shape index (κ3) is 4.34. The Morgan fingerprint density at radius 1 is 0.614 bits per heavy atom. The van der Waals surface area contributed by atoms with Crippen LogP contribution >= 0.6 is 11.9 Å². The molecule has 0 spiro atoms. The Morgan fingerprint density at radius 3 is 1.91 bits per heavy atom. The van der Waals surface area contributed by atoms with Crippen LogP contribution in [0, 0.1) is 11.9 Å². The molecule has 0 atom stereocenters. The molecule has 3 heterocycles. The van der Waals surface area contributed by atoms with E-state index in [2.05, 4.69) is 94.9 Å². The summed E-state index contributed by atoms with van der Waals surface area (Å²) in [5, 5.41) is 4.47. The number of hydrogen-bond donors (Lipinski definition) is 0. The van der Waals surface area contributed by atoms with Gasteiger partial charge in [0.05, 0.1) is 5.70 Å². The summed E-state index contributed by atoms with van der Waals surface area (Å²) in [6, 6.07) is 35.4. The summed E-state index contributed by atoms with van der Waals surface area (Å²) in [7, 11) is 0. The van der Waals surface area contributed by atoms with Gasteiger partial charge in [-0.1, -0.05) is 97.6 Å². The highest BCUT2D eigenvalue weighted by molar-refractivity contribution is 7.97. The van der Waals surface area contributed by atoms with E-state index in [0.29, 0.717) is 5.56 Å². The molecule has 0 saturated carbocycles. The second-order valence-electron chi connectivity index (χ2n) is 10.6. The minimum atomic E-state index is -0.836. The minimum Gasteiger partial charge on any atom is -0.271 e. The molecule has 0 bridgehead atoms. The van der Waals surface area contributed by atoms with Crippen molar-refractivity contribution in [2.24, 2.45) is 4.99 Å². The first kappa shape index (κ1) is 26.3. The predicted octanol–water partition coefficient (Wildman–Crippen LogP) is 10.3. The van der Waals surface area contributed by atoms with Gasteiger partial charge in [-0.3, -0.25) is 4.31 Å². The first-order valence-electron chi connectivity index (χ1n) is 14.2. The number of halogens is 2.